The Balaban J connectivity index is 1.90. The molecule has 0 saturated heterocycles. The number of benzene rings is 2. The van der Waals surface area contributed by atoms with Crippen LogP contribution in [0.2, 0.25) is 0 Å². The number of methoxy groups -OCH3 is 1. The molecule has 10 heteroatoms. The third-order valence-corrected chi connectivity index (χ3v) is 7.06. The van der Waals surface area contributed by atoms with Gasteiger partial charge in [-0.1, -0.05) is 6.92 Å². The fraction of sp³-hybridized carbons (Fsp3) is 0.533. The average Bonchev–Trinajstić information content (AvgIpc) is 2.95. The predicted molar refractivity (Wildman–Crippen MR) is 156 cm³/mol. The van der Waals surface area contributed by atoms with E-state index in [1.807, 2.05) is 20.9 Å². The smallest absolute Gasteiger partial charge is 0.323 e. The molecule has 40 heavy (non-hydrogen) atoms. The van der Waals surface area contributed by atoms with Crippen LogP contribution in [0.15, 0.2) is 42.5 Å². The number of aliphatic hydroxyl groups is 1. The zero-order valence-corrected chi connectivity index (χ0v) is 24.2. The average molecular weight is 557 g/mol. The first-order valence-corrected chi connectivity index (χ1v) is 14.0. The van der Waals surface area contributed by atoms with Crippen molar-refractivity contribution in [2.24, 2.45) is 5.92 Å². The first-order valence-electron chi connectivity index (χ1n) is 14.0. The minimum atomic E-state index is -0.450. The lowest BCUT2D eigenvalue weighted by molar-refractivity contribution is -0.000451. The van der Waals surface area contributed by atoms with Gasteiger partial charge in [-0.15, -0.1) is 0 Å². The highest BCUT2D eigenvalue weighted by Crippen LogP contribution is 2.28. The van der Waals surface area contributed by atoms with Gasteiger partial charge in [-0.2, -0.15) is 0 Å². The number of hydrogen-bond acceptors (Lipinski definition) is 7. The Morgan fingerprint density at radius 1 is 1.12 bits per heavy atom. The van der Waals surface area contributed by atoms with Crippen molar-refractivity contribution in [2.75, 3.05) is 51.1 Å². The highest BCUT2D eigenvalue weighted by Gasteiger charge is 2.29. The van der Waals surface area contributed by atoms with E-state index in [4.69, 9.17) is 14.2 Å². The van der Waals surface area contributed by atoms with Crippen molar-refractivity contribution >= 4 is 23.3 Å². The summed E-state index contributed by atoms with van der Waals surface area (Å²) < 4.78 is 17.6. The number of fused-ring (bicyclic) bond motifs is 1. The summed E-state index contributed by atoms with van der Waals surface area (Å²) in [5, 5.41) is 18.8. The molecule has 220 valence electrons. The van der Waals surface area contributed by atoms with Crippen molar-refractivity contribution < 1.29 is 28.9 Å². The van der Waals surface area contributed by atoms with Gasteiger partial charge in [0.15, 0.2) is 0 Å². The largest absolute Gasteiger partial charge is 0.497 e. The van der Waals surface area contributed by atoms with E-state index in [0.29, 0.717) is 48.1 Å². The van der Waals surface area contributed by atoms with E-state index in [1.165, 1.54) is 0 Å². The van der Waals surface area contributed by atoms with Crippen LogP contribution in [-0.2, 0) is 4.74 Å². The Hall–Kier alpha value is -3.34. The number of amides is 3. The Morgan fingerprint density at radius 2 is 1.82 bits per heavy atom. The number of ether oxygens (including phenoxy) is 3. The van der Waals surface area contributed by atoms with Crippen molar-refractivity contribution in [1.29, 1.82) is 0 Å². The fourth-order valence-electron chi connectivity index (χ4n) is 4.66. The van der Waals surface area contributed by atoms with Crippen molar-refractivity contribution in [3.8, 4) is 11.5 Å². The Bertz CT molecular complexity index is 1100. The summed E-state index contributed by atoms with van der Waals surface area (Å²) in [7, 11) is 3.46. The van der Waals surface area contributed by atoms with Crippen LogP contribution in [0.1, 0.15) is 50.4 Å². The number of anilines is 2. The number of carbonyl (C=O) groups is 2. The predicted octanol–water partition coefficient (Wildman–Crippen LogP) is 4.35. The Morgan fingerprint density at radius 3 is 2.50 bits per heavy atom. The van der Waals surface area contributed by atoms with E-state index in [0.717, 1.165) is 19.3 Å². The van der Waals surface area contributed by atoms with E-state index < -0.39 is 12.1 Å². The summed E-state index contributed by atoms with van der Waals surface area (Å²) in [6.07, 6.45) is 2.45. The monoisotopic (exact) mass is 556 g/mol. The number of carbonyl (C=O) groups excluding carboxylic acids is 2. The molecule has 2 aromatic carbocycles. The third kappa shape index (κ3) is 8.84. The van der Waals surface area contributed by atoms with E-state index in [9.17, 15) is 14.7 Å². The minimum absolute atomic E-state index is 0.00761. The molecule has 0 unspecified atom stereocenters. The number of likely N-dealkylation sites (N-methyl/N-ethyl adjacent to an activating group) is 1. The normalized spacial score (nSPS) is 21.4. The molecule has 1 aliphatic rings. The van der Waals surface area contributed by atoms with Gasteiger partial charge in [-0.3, -0.25) is 4.79 Å². The lowest BCUT2D eigenvalue weighted by Gasteiger charge is -2.34. The van der Waals surface area contributed by atoms with Gasteiger partial charge in [0.25, 0.3) is 5.91 Å². The van der Waals surface area contributed by atoms with E-state index in [1.54, 1.807) is 54.5 Å². The van der Waals surface area contributed by atoms with Crippen LogP contribution in [0.4, 0.5) is 16.2 Å². The van der Waals surface area contributed by atoms with Gasteiger partial charge in [0.1, 0.15) is 11.5 Å². The van der Waals surface area contributed by atoms with Gasteiger partial charge in [-0.05, 0) is 82.6 Å². The van der Waals surface area contributed by atoms with Crippen LogP contribution >= 0.6 is 0 Å². The molecule has 0 fully saturated rings. The molecule has 10 nitrogen and oxygen atoms in total. The molecular formula is C30H44N4O6. The number of nitrogens with one attached hydrogen (secondary N) is 3. The highest BCUT2D eigenvalue weighted by atomic mass is 16.5. The summed E-state index contributed by atoms with van der Waals surface area (Å²) >= 11 is 0. The maximum Gasteiger partial charge on any atom is 0.323 e. The third-order valence-electron chi connectivity index (χ3n) is 7.06. The first-order chi connectivity index (χ1) is 19.2. The van der Waals surface area contributed by atoms with Crippen LogP contribution in [-0.4, -0.2) is 80.7 Å². The summed E-state index contributed by atoms with van der Waals surface area (Å²) in [5.41, 5.74) is 1.36. The van der Waals surface area contributed by atoms with Crippen LogP contribution in [0.5, 0.6) is 11.5 Å². The van der Waals surface area contributed by atoms with Crippen LogP contribution in [0, 0.1) is 5.92 Å². The van der Waals surface area contributed by atoms with Gasteiger partial charge < -0.3 is 40.2 Å². The number of rotatable bonds is 7. The molecular weight excluding hydrogens is 512 g/mol. The molecule has 0 radical (unpaired) electrons. The summed E-state index contributed by atoms with van der Waals surface area (Å²) in [5.74, 6) is 0.856. The number of aliphatic hydroxyl groups excluding tert-OH is 1. The summed E-state index contributed by atoms with van der Waals surface area (Å²) in [4.78, 5) is 28.5. The van der Waals surface area contributed by atoms with Crippen molar-refractivity contribution in [2.45, 2.75) is 58.3 Å². The molecule has 0 aliphatic carbocycles. The molecule has 2 aromatic rings. The van der Waals surface area contributed by atoms with E-state index in [2.05, 4.69) is 22.9 Å². The second-order valence-electron chi connectivity index (χ2n) is 10.4. The summed E-state index contributed by atoms with van der Waals surface area (Å²) in [6, 6.07) is 11.2. The lowest BCUT2D eigenvalue weighted by Crippen LogP contribution is -2.47. The summed E-state index contributed by atoms with van der Waals surface area (Å²) in [6.45, 7) is 7.34. The zero-order chi connectivity index (χ0) is 29.1. The Kier molecular flexibility index (Phi) is 12.0. The van der Waals surface area contributed by atoms with Crippen molar-refractivity contribution in [1.82, 2.24) is 10.2 Å². The van der Waals surface area contributed by atoms with Gasteiger partial charge >= 0.3 is 6.03 Å². The molecule has 1 aliphatic heterocycles. The van der Waals surface area contributed by atoms with Crippen molar-refractivity contribution in [3.63, 3.8) is 0 Å². The fourth-order valence-corrected chi connectivity index (χ4v) is 4.66. The quantitative estimate of drug-likeness (QED) is 0.400. The lowest BCUT2D eigenvalue weighted by atomic mass is 10.0. The number of nitrogens with zero attached hydrogens (tertiary/aromatic N) is 1. The van der Waals surface area contributed by atoms with Gasteiger partial charge in [0, 0.05) is 37.0 Å². The highest BCUT2D eigenvalue weighted by molar-refractivity contribution is 6.02. The molecule has 0 saturated carbocycles. The maximum absolute atomic E-state index is 14.1. The number of urea groups is 1. The molecule has 0 aromatic heterocycles. The molecule has 1 heterocycles. The maximum atomic E-state index is 14.1. The van der Waals surface area contributed by atoms with E-state index >= 15 is 0 Å². The molecule has 4 atom stereocenters. The van der Waals surface area contributed by atoms with Gasteiger partial charge in [0.05, 0.1) is 37.5 Å². The molecule has 0 spiro atoms. The van der Waals surface area contributed by atoms with Gasteiger partial charge in [-0.25, -0.2) is 4.79 Å². The minimum Gasteiger partial charge on any atom is -0.497 e. The second-order valence-corrected chi connectivity index (χ2v) is 10.4. The number of hydrogen-bond donors (Lipinski definition) is 4. The molecule has 0 bridgehead atoms. The van der Waals surface area contributed by atoms with Crippen LogP contribution in [0.25, 0.3) is 0 Å². The standard InChI is InChI=1S/C30H44N4O6/c1-20-18-34(21(2)19-35)29(36)26-16-24(33-30(37)32-23-9-12-25(38-5)13-10-23)11-14-27(26)40-22(3)8-6-7-15-39-28(20)17-31-4/h9-14,16,20-22,28,31,35H,6-8,15,17-19H2,1-5H3,(H2,32,33,37)/t20-,21+,22+,28-/m0/s1. The van der Waals surface area contributed by atoms with Crippen LogP contribution in [0.3, 0.4) is 0 Å². The molecule has 4 N–H and O–H groups in total. The van der Waals surface area contributed by atoms with Crippen LogP contribution < -0.4 is 25.4 Å². The van der Waals surface area contributed by atoms with E-state index in [-0.39, 0.29) is 30.6 Å². The van der Waals surface area contributed by atoms with Crippen molar-refractivity contribution in [3.05, 3.63) is 48.0 Å². The van der Waals surface area contributed by atoms with Gasteiger partial charge in [0.2, 0.25) is 0 Å². The molecule has 3 rings (SSSR count). The molecule has 3 amide bonds. The topological polar surface area (TPSA) is 121 Å². The SMILES string of the molecule is CNC[C@@H]1OCCCC[C@@H](C)Oc2ccc(NC(=O)Nc3ccc(OC)cc3)cc2C(=O)N([C@H](C)CO)C[C@@H]1C. The first kappa shape index (κ1) is 31.2. The Labute approximate surface area is 237 Å². The zero-order valence-electron chi connectivity index (χ0n) is 24.2. The second kappa shape index (κ2) is 15.4.